The summed E-state index contributed by atoms with van der Waals surface area (Å²) in [5, 5.41) is 2.90. The molecule has 2 rings (SSSR count). The van der Waals surface area contributed by atoms with Crippen molar-refractivity contribution in [1.82, 2.24) is 9.97 Å². The van der Waals surface area contributed by atoms with Gasteiger partial charge in [0.25, 0.3) is 0 Å². The number of aromatic nitrogens is 2. The lowest BCUT2D eigenvalue weighted by Crippen LogP contribution is -2.06. The van der Waals surface area contributed by atoms with Crippen LogP contribution < -0.4 is 5.32 Å². The van der Waals surface area contributed by atoms with E-state index in [1.807, 2.05) is 13.8 Å². The molecule has 0 radical (unpaired) electrons. The van der Waals surface area contributed by atoms with E-state index in [1.165, 1.54) is 18.5 Å². The van der Waals surface area contributed by atoms with Gasteiger partial charge in [0.05, 0.1) is 17.9 Å². The van der Waals surface area contributed by atoms with E-state index in [0.717, 1.165) is 17.3 Å². The summed E-state index contributed by atoms with van der Waals surface area (Å²) in [5.74, 6) is -0.557. The summed E-state index contributed by atoms with van der Waals surface area (Å²) in [5.41, 5.74) is 2.07. The zero-order valence-electron chi connectivity index (χ0n) is 12.1. The summed E-state index contributed by atoms with van der Waals surface area (Å²) in [7, 11) is 0. The lowest BCUT2D eigenvalue weighted by atomic mass is 10.2. The molecule has 1 N–H and O–H groups in total. The number of nitrogens with zero attached hydrogens (tertiary/aromatic N) is 2. The standard InChI is InChI=1S/C15H16FN3O2/c1-4-21-15(20)11-5-6-13(12(16)7-11)19-14-9(2)10(3)17-8-18-14/h5-8H,4H2,1-3H3,(H,17,18,19). The van der Waals surface area contributed by atoms with E-state index in [1.54, 1.807) is 6.92 Å². The molecule has 0 fully saturated rings. The molecule has 21 heavy (non-hydrogen) atoms. The predicted octanol–water partition coefficient (Wildman–Crippen LogP) is 3.15. The van der Waals surface area contributed by atoms with Crippen molar-refractivity contribution >= 4 is 17.5 Å². The number of nitrogens with one attached hydrogen (secondary N) is 1. The van der Waals surface area contributed by atoms with Gasteiger partial charge < -0.3 is 10.1 Å². The minimum absolute atomic E-state index is 0.176. The molecule has 0 amide bonds. The molecule has 0 spiro atoms. The van der Waals surface area contributed by atoms with Gasteiger partial charge >= 0.3 is 5.97 Å². The van der Waals surface area contributed by atoms with E-state index >= 15 is 0 Å². The number of benzene rings is 1. The monoisotopic (exact) mass is 289 g/mol. The molecule has 0 atom stereocenters. The van der Waals surface area contributed by atoms with Crippen molar-refractivity contribution in [3.05, 3.63) is 47.2 Å². The maximum atomic E-state index is 14.1. The lowest BCUT2D eigenvalue weighted by Gasteiger charge is -2.11. The molecule has 0 bridgehead atoms. The van der Waals surface area contributed by atoms with Crippen LogP contribution in [-0.4, -0.2) is 22.5 Å². The van der Waals surface area contributed by atoms with Crippen molar-refractivity contribution in [1.29, 1.82) is 0 Å². The SMILES string of the molecule is CCOC(=O)c1ccc(Nc2ncnc(C)c2C)c(F)c1. The number of hydrogen-bond acceptors (Lipinski definition) is 5. The molecule has 0 aliphatic rings. The molecule has 1 heterocycles. The van der Waals surface area contributed by atoms with Gasteiger partial charge in [-0.25, -0.2) is 19.2 Å². The number of esters is 1. The van der Waals surface area contributed by atoms with E-state index in [2.05, 4.69) is 15.3 Å². The van der Waals surface area contributed by atoms with Crippen molar-refractivity contribution in [2.75, 3.05) is 11.9 Å². The maximum absolute atomic E-state index is 14.1. The van der Waals surface area contributed by atoms with Gasteiger partial charge in [-0.2, -0.15) is 0 Å². The van der Waals surface area contributed by atoms with Crippen molar-refractivity contribution in [2.24, 2.45) is 0 Å². The van der Waals surface area contributed by atoms with E-state index in [4.69, 9.17) is 4.74 Å². The van der Waals surface area contributed by atoms with Crippen LogP contribution in [0.15, 0.2) is 24.5 Å². The number of rotatable bonds is 4. The smallest absolute Gasteiger partial charge is 0.338 e. The van der Waals surface area contributed by atoms with Crippen LogP contribution in [0.25, 0.3) is 0 Å². The second-order valence-electron chi connectivity index (χ2n) is 4.47. The normalized spacial score (nSPS) is 10.3. The van der Waals surface area contributed by atoms with E-state index in [-0.39, 0.29) is 17.9 Å². The van der Waals surface area contributed by atoms with Crippen molar-refractivity contribution in [3.8, 4) is 0 Å². The number of aryl methyl sites for hydroxylation is 1. The second-order valence-corrected chi connectivity index (χ2v) is 4.47. The first-order valence-electron chi connectivity index (χ1n) is 6.54. The molecule has 5 nitrogen and oxygen atoms in total. The number of hydrogen-bond donors (Lipinski definition) is 1. The van der Waals surface area contributed by atoms with Crippen LogP contribution in [0.3, 0.4) is 0 Å². The fourth-order valence-electron chi connectivity index (χ4n) is 1.75. The average molecular weight is 289 g/mol. The topological polar surface area (TPSA) is 64.1 Å². The molecule has 6 heteroatoms. The molecule has 1 aromatic carbocycles. The van der Waals surface area contributed by atoms with Crippen molar-refractivity contribution in [2.45, 2.75) is 20.8 Å². The van der Waals surface area contributed by atoms with Crippen LogP contribution >= 0.6 is 0 Å². The molecule has 1 aromatic heterocycles. The first kappa shape index (κ1) is 14.9. The molecule has 110 valence electrons. The van der Waals surface area contributed by atoms with Gasteiger partial charge in [0.15, 0.2) is 0 Å². The average Bonchev–Trinajstić information content (AvgIpc) is 2.46. The Kier molecular flexibility index (Phi) is 4.47. The molecule has 0 aliphatic heterocycles. The molecular weight excluding hydrogens is 273 g/mol. The number of anilines is 2. The highest BCUT2D eigenvalue weighted by Crippen LogP contribution is 2.22. The third kappa shape index (κ3) is 3.34. The van der Waals surface area contributed by atoms with E-state index in [9.17, 15) is 9.18 Å². The molecular formula is C15H16FN3O2. The zero-order chi connectivity index (χ0) is 15.4. The Labute approximate surface area is 122 Å². The Hall–Kier alpha value is -2.50. The Morgan fingerprint density at radius 3 is 2.76 bits per heavy atom. The maximum Gasteiger partial charge on any atom is 0.338 e. The summed E-state index contributed by atoms with van der Waals surface area (Å²) in [6.07, 6.45) is 1.41. The quantitative estimate of drug-likeness (QED) is 0.876. The van der Waals surface area contributed by atoms with Gasteiger partial charge in [-0.3, -0.25) is 0 Å². The summed E-state index contributed by atoms with van der Waals surface area (Å²) in [6.45, 7) is 5.65. The minimum atomic E-state index is -0.545. The lowest BCUT2D eigenvalue weighted by molar-refractivity contribution is 0.0526. The highest BCUT2D eigenvalue weighted by molar-refractivity contribution is 5.90. The van der Waals surface area contributed by atoms with Crippen molar-refractivity contribution < 1.29 is 13.9 Å². The van der Waals surface area contributed by atoms with Crippen molar-refractivity contribution in [3.63, 3.8) is 0 Å². The Bertz CT molecular complexity index is 674. The van der Waals surface area contributed by atoms with Crippen LogP contribution in [0.5, 0.6) is 0 Å². The van der Waals surface area contributed by atoms with Gasteiger partial charge in [-0.1, -0.05) is 0 Å². The Morgan fingerprint density at radius 1 is 1.33 bits per heavy atom. The van der Waals surface area contributed by atoms with Gasteiger partial charge in [0.2, 0.25) is 0 Å². The first-order valence-corrected chi connectivity index (χ1v) is 6.54. The van der Waals surface area contributed by atoms with Crippen LogP contribution in [0.2, 0.25) is 0 Å². The number of carbonyl (C=O) groups excluding carboxylic acids is 1. The highest BCUT2D eigenvalue weighted by atomic mass is 19.1. The van der Waals surface area contributed by atoms with E-state index in [0.29, 0.717) is 5.82 Å². The highest BCUT2D eigenvalue weighted by Gasteiger charge is 2.12. The first-order chi connectivity index (χ1) is 10.0. The van der Waals surface area contributed by atoms with Crippen LogP contribution in [0, 0.1) is 19.7 Å². The van der Waals surface area contributed by atoms with Gasteiger partial charge in [0, 0.05) is 11.3 Å². The van der Waals surface area contributed by atoms with Gasteiger partial charge in [-0.15, -0.1) is 0 Å². The molecule has 0 unspecified atom stereocenters. The summed E-state index contributed by atoms with van der Waals surface area (Å²) in [6, 6.07) is 4.13. The number of halogens is 1. The summed E-state index contributed by atoms with van der Waals surface area (Å²) in [4.78, 5) is 19.7. The second kappa shape index (κ2) is 6.30. The summed E-state index contributed by atoms with van der Waals surface area (Å²) < 4.78 is 18.9. The fraction of sp³-hybridized carbons (Fsp3) is 0.267. The fourth-order valence-corrected chi connectivity index (χ4v) is 1.75. The Morgan fingerprint density at radius 2 is 2.10 bits per heavy atom. The van der Waals surface area contributed by atoms with Crippen LogP contribution in [0.4, 0.5) is 15.9 Å². The minimum Gasteiger partial charge on any atom is -0.462 e. The van der Waals surface area contributed by atoms with Crippen LogP contribution in [-0.2, 0) is 4.74 Å². The number of carbonyl (C=O) groups is 1. The largest absolute Gasteiger partial charge is 0.462 e. The molecule has 0 saturated heterocycles. The molecule has 0 saturated carbocycles. The Balaban J connectivity index is 2.25. The molecule has 0 aliphatic carbocycles. The number of ether oxygens (including phenoxy) is 1. The van der Waals surface area contributed by atoms with E-state index < -0.39 is 11.8 Å². The van der Waals surface area contributed by atoms with Gasteiger partial charge in [-0.05, 0) is 39.0 Å². The summed E-state index contributed by atoms with van der Waals surface area (Å²) >= 11 is 0. The molecule has 2 aromatic rings. The zero-order valence-corrected chi connectivity index (χ0v) is 12.1. The van der Waals surface area contributed by atoms with Crippen LogP contribution in [0.1, 0.15) is 28.5 Å². The third-order valence-corrected chi connectivity index (χ3v) is 3.07. The third-order valence-electron chi connectivity index (χ3n) is 3.07. The van der Waals surface area contributed by atoms with Gasteiger partial charge in [0.1, 0.15) is 18.0 Å². The predicted molar refractivity (Wildman–Crippen MR) is 77.1 cm³/mol.